The van der Waals surface area contributed by atoms with Crippen LogP contribution in [0.5, 0.6) is 5.75 Å². The van der Waals surface area contributed by atoms with Crippen LogP contribution in [0.25, 0.3) is 0 Å². The number of benzene rings is 1. The van der Waals surface area contributed by atoms with E-state index >= 15 is 0 Å². The molecule has 0 heterocycles. The van der Waals surface area contributed by atoms with Crippen LogP contribution < -0.4 is 15.2 Å². The molecule has 0 saturated carbocycles. The van der Waals surface area contributed by atoms with Crippen molar-refractivity contribution in [3.8, 4) is 5.75 Å². The Balaban J connectivity index is 2.66. The van der Waals surface area contributed by atoms with Gasteiger partial charge >= 0.3 is 0 Å². The Morgan fingerprint density at radius 1 is 1.29 bits per heavy atom. The smallest absolute Gasteiger partial charge is 0.240 e. The molecule has 0 aromatic heterocycles. The van der Waals surface area contributed by atoms with Crippen LogP contribution in [-0.2, 0) is 16.6 Å². The summed E-state index contributed by atoms with van der Waals surface area (Å²) in [5, 5.41) is 0. The molecule has 0 unspecified atom stereocenters. The molecule has 1 aromatic carbocycles. The van der Waals surface area contributed by atoms with E-state index in [-0.39, 0.29) is 11.4 Å². The van der Waals surface area contributed by atoms with E-state index in [1.807, 2.05) is 14.1 Å². The van der Waals surface area contributed by atoms with Gasteiger partial charge in [-0.3, -0.25) is 0 Å². The average molecular weight is 315 g/mol. The molecule has 0 saturated heterocycles. The van der Waals surface area contributed by atoms with Crippen molar-refractivity contribution in [2.45, 2.75) is 24.3 Å². The molecule has 0 aliphatic rings. The van der Waals surface area contributed by atoms with E-state index in [1.165, 1.54) is 13.2 Å². The Morgan fingerprint density at radius 3 is 2.57 bits per heavy atom. The second kappa shape index (κ2) is 8.33. The molecule has 0 amide bonds. The first-order valence-corrected chi connectivity index (χ1v) is 8.40. The van der Waals surface area contributed by atoms with E-state index in [0.29, 0.717) is 17.9 Å². The van der Waals surface area contributed by atoms with Crippen molar-refractivity contribution in [3.05, 3.63) is 23.8 Å². The van der Waals surface area contributed by atoms with Gasteiger partial charge in [0.05, 0.1) is 12.0 Å². The van der Waals surface area contributed by atoms with Gasteiger partial charge in [0.15, 0.2) is 0 Å². The van der Waals surface area contributed by atoms with Crippen molar-refractivity contribution in [3.63, 3.8) is 0 Å². The zero-order chi connectivity index (χ0) is 15.9. The summed E-state index contributed by atoms with van der Waals surface area (Å²) in [4.78, 5) is 2.29. The zero-order valence-corrected chi connectivity index (χ0v) is 13.7. The van der Waals surface area contributed by atoms with Crippen LogP contribution in [0.15, 0.2) is 23.1 Å². The van der Waals surface area contributed by atoms with E-state index in [4.69, 9.17) is 10.5 Å². The van der Waals surface area contributed by atoms with E-state index in [0.717, 1.165) is 19.4 Å². The van der Waals surface area contributed by atoms with E-state index in [2.05, 4.69) is 9.62 Å². The lowest BCUT2D eigenvalue weighted by atomic mass is 10.2. The fourth-order valence-corrected chi connectivity index (χ4v) is 3.05. The lowest BCUT2D eigenvalue weighted by Gasteiger charge is -2.12. The number of unbranched alkanes of at least 4 members (excludes halogenated alkanes) is 1. The molecule has 0 fully saturated rings. The molecule has 1 aromatic rings. The minimum Gasteiger partial charge on any atom is -0.496 e. The van der Waals surface area contributed by atoms with E-state index in [1.54, 1.807) is 12.1 Å². The third-order valence-electron chi connectivity index (χ3n) is 3.11. The highest BCUT2D eigenvalue weighted by Crippen LogP contribution is 2.21. The number of sulfonamides is 1. The summed E-state index contributed by atoms with van der Waals surface area (Å²) in [5.41, 5.74) is 6.28. The molecular formula is C14H25N3O3S. The van der Waals surface area contributed by atoms with Gasteiger partial charge < -0.3 is 15.4 Å². The van der Waals surface area contributed by atoms with Crippen LogP contribution >= 0.6 is 0 Å². The summed E-state index contributed by atoms with van der Waals surface area (Å²) in [6.07, 6.45) is 1.75. The van der Waals surface area contributed by atoms with Gasteiger partial charge in [-0.25, -0.2) is 13.1 Å². The fraction of sp³-hybridized carbons (Fsp3) is 0.571. The summed E-state index contributed by atoms with van der Waals surface area (Å²) in [6.45, 7) is 1.61. The molecule has 0 aliphatic heterocycles. The van der Waals surface area contributed by atoms with Crippen molar-refractivity contribution in [1.29, 1.82) is 0 Å². The van der Waals surface area contributed by atoms with Gasteiger partial charge in [0.25, 0.3) is 0 Å². The first-order chi connectivity index (χ1) is 9.90. The van der Waals surface area contributed by atoms with Gasteiger partial charge in [-0.05, 0) is 51.7 Å². The quantitative estimate of drug-likeness (QED) is 0.658. The highest BCUT2D eigenvalue weighted by molar-refractivity contribution is 7.89. The van der Waals surface area contributed by atoms with Gasteiger partial charge in [0, 0.05) is 18.7 Å². The maximum atomic E-state index is 12.2. The highest BCUT2D eigenvalue weighted by atomic mass is 32.2. The van der Waals surface area contributed by atoms with Crippen LogP contribution in [0.1, 0.15) is 18.4 Å². The lowest BCUT2D eigenvalue weighted by Crippen LogP contribution is -2.25. The summed E-state index contributed by atoms with van der Waals surface area (Å²) in [7, 11) is 2.03. The average Bonchev–Trinajstić information content (AvgIpc) is 2.45. The molecule has 21 heavy (non-hydrogen) atoms. The number of methoxy groups -OCH3 is 1. The van der Waals surface area contributed by atoms with E-state index in [9.17, 15) is 8.42 Å². The molecule has 6 nitrogen and oxygen atoms in total. The number of nitrogens with two attached hydrogens (primary N) is 1. The molecule has 0 spiro atoms. The minimum atomic E-state index is -3.49. The maximum Gasteiger partial charge on any atom is 0.240 e. The molecule has 0 atom stereocenters. The van der Waals surface area contributed by atoms with Crippen molar-refractivity contribution >= 4 is 10.0 Å². The van der Waals surface area contributed by atoms with Crippen LogP contribution in [0.4, 0.5) is 0 Å². The molecule has 7 heteroatoms. The summed E-state index contributed by atoms with van der Waals surface area (Å²) < 4.78 is 32.1. The first-order valence-electron chi connectivity index (χ1n) is 6.92. The summed E-state index contributed by atoms with van der Waals surface area (Å²) >= 11 is 0. The number of ether oxygens (including phenoxy) is 1. The minimum absolute atomic E-state index is 0.219. The zero-order valence-electron chi connectivity index (χ0n) is 12.9. The van der Waals surface area contributed by atoms with Crippen molar-refractivity contribution in [2.24, 2.45) is 5.73 Å². The monoisotopic (exact) mass is 315 g/mol. The Labute approximate surface area is 127 Å². The molecule has 0 bridgehead atoms. The number of nitrogens with zero attached hydrogens (tertiary/aromatic N) is 1. The predicted octanol–water partition coefficient (Wildman–Crippen LogP) is 0.774. The van der Waals surface area contributed by atoms with Crippen molar-refractivity contribution in [1.82, 2.24) is 9.62 Å². The topological polar surface area (TPSA) is 84.7 Å². The SMILES string of the molecule is COc1ccc(S(=O)(=O)NCCCCN(C)C)cc1CN. The largest absolute Gasteiger partial charge is 0.496 e. The van der Waals surface area contributed by atoms with Crippen LogP contribution in [0, 0.1) is 0 Å². The van der Waals surface area contributed by atoms with Crippen LogP contribution in [-0.4, -0.2) is 47.6 Å². The van der Waals surface area contributed by atoms with Gasteiger partial charge in [-0.2, -0.15) is 0 Å². The molecule has 3 N–H and O–H groups in total. The van der Waals surface area contributed by atoms with Gasteiger partial charge in [0.1, 0.15) is 5.75 Å². The third kappa shape index (κ3) is 5.62. The van der Waals surface area contributed by atoms with Crippen LogP contribution in [0.2, 0.25) is 0 Å². The molecular weight excluding hydrogens is 290 g/mol. The lowest BCUT2D eigenvalue weighted by molar-refractivity contribution is 0.394. The molecule has 0 radical (unpaired) electrons. The summed E-state index contributed by atoms with van der Waals surface area (Å²) in [6, 6.07) is 4.71. The Bertz CT molecular complexity index is 544. The van der Waals surface area contributed by atoms with Crippen molar-refractivity contribution in [2.75, 3.05) is 34.3 Å². The fourth-order valence-electron chi connectivity index (χ4n) is 1.92. The second-order valence-corrected chi connectivity index (χ2v) is 6.85. The number of nitrogens with one attached hydrogen (secondary N) is 1. The Hall–Kier alpha value is -1.15. The molecule has 1 rings (SSSR count). The summed E-state index contributed by atoms with van der Waals surface area (Å²) in [5.74, 6) is 0.599. The number of hydrogen-bond donors (Lipinski definition) is 2. The number of hydrogen-bond acceptors (Lipinski definition) is 5. The standard InChI is InChI=1S/C14H25N3O3S/c1-17(2)9-5-4-8-16-21(18,19)13-6-7-14(20-3)12(10-13)11-15/h6-7,10,16H,4-5,8-9,11,15H2,1-3H3. The second-order valence-electron chi connectivity index (χ2n) is 5.09. The Morgan fingerprint density at radius 2 is 2.00 bits per heavy atom. The predicted molar refractivity (Wildman–Crippen MR) is 83.9 cm³/mol. The maximum absolute atomic E-state index is 12.2. The van der Waals surface area contributed by atoms with Gasteiger partial charge in [0.2, 0.25) is 10.0 Å². The normalized spacial score (nSPS) is 11.9. The van der Waals surface area contributed by atoms with Gasteiger partial charge in [-0.15, -0.1) is 0 Å². The van der Waals surface area contributed by atoms with Crippen molar-refractivity contribution < 1.29 is 13.2 Å². The third-order valence-corrected chi connectivity index (χ3v) is 4.56. The first kappa shape index (κ1) is 17.9. The molecule has 0 aliphatic carbocycles. The van der Waals surface area contributed by atoms with Crippen LogP contribution in [0.3, 0.4) is 0 Å². The Kier molecular flexibility index (Phi) is 7.10. The highest BCUT2D eigenvalue weighted by Gasteiger charge is 2.15. The van der Waals surface area contributed by atoms with Gasteiger partial charge in [-0.1, -0.05) is 0 Å². The van der Waals surface area contributed by atoms with E-state index < -0.39 is 10.0 Å². The molecule has 120 valence electrons. The number of rotatable bonds is 9.